The maximum Gasteiger partial charge on any atom is 0.243 e. The van der Waals surface area contributed by atoms with E-state index in [0.717, 1.165) is 30.7 Å². The molecule has 6 nitrogen and oxygen atoms in total. The molecule has 0 bridgehead atoms. The average Bonchev–Trinajstić information content (AvgIpc) is 3.19. The van der Waals surface area contributed by atoms with Crippen molar-refractivity contribution in [1.82, 2.24) is 15.5 Å². The number of amides is 1. The van der Waals surface area contributed by atoms with Gasteiger partial charge in [0, 0.05) is 32.1 Å². The number of rotatable bonds is 9. The highest BCUT2D eigenvalue weighted by molar-refractivity contribution is 14.0. The number of ether oxygens (including phenoxy) is 1. The molecule has 0 saturated heterocycles. The number of thiophene rings is 1. The lowest BCUT2D eigenvalue weighted by atomic mass is 10.1. The molecule has 8 heteroatoms. The maximum atomic E-state index is 11.9. The molecule has 0 saturated carbocycles. The lowest BCUT2D eigenvalue weighted by Gasteiger charge is -2.15. The number of aryl methyl sites for hydroxylation is 1. The summed E-state index contributed by atoms with van der Waals surface area (Å²) in [5.41, 5.74) is 2.35. The molecule has 2 N–H and O–H groups in total. The summed E-state index contributed by atoms with van der Waals surface area (Å²) in [6, 6.07) is 10.3. The van der Waals surface area contributed by atoms with Crippen molar-refractivity contribution in [3.63, 3.8) is 0 Å². The van der Waals surface area contributed by atoms with Crippen molar-refractivity contribution in [2.45, 2.75) is 19.8 Å². The van der Waals surface area contributed by atoms with Gasteiger partial charge in [-0.2, -0.15) is 0 Å². The van der Waals surface area contributed by atoms with Gasteiger partial charge in [-0.25, -0.2) is 4.99 Å². The SMILES string of the molecule is COc1ccc(C)cc1CCNC(=NCC(=O)N(C)C)NCCc1cccs1.I. The Morgan fingerprint density at radius 2 is 1.90 bits per heavy atom. The third-order valence-electron chi connectivity index (χ3n) is 4.24. The van der Waals surface area contributed by atoms with E-state index in [1.807, 2.05) is 12.1 Å². The second kappa shape index (κ2) is 13.4. The lowest BCUT2D eigenvalue weighted by molar-refractivity contribution is -0.127. The molecule has 29 heavy (non-hydrogen) atoms. The standard InChI is InChI=1S/C21H30N4O2S.HI/c1-16-7-8-19(27-4)17(14-16)9-11-22-21(24-15-20(26)25(2)3)23-12-10-18-6-5-13-28-18;/h5-8,13-14H,9-12,15H2,1-4H3,(H2,22,23,24);1H. The Labute approximate surface area is 194 Å². The van der Waals surface area contributed by atoms with Crippen LogP contribution in [0.15, 0.2) is 40.7 Å². The molecule has 1 aromatic carbocycles. The van der Waals surface area contributed by atoms with Crippen LogP contribution >= 0.6 is 35.3 Å². The first kappa shape index (κ1) is 25.2. The van der Waals surface area contributed by atoms with Crippen molar-refractivity contribution < 1.29 is 9.53 Å². The van der Waals surface area contributed by atoms with Gasteiger partial charge in [0.2, 0.25) is 5.91 Å². The molecule has 0 aliphatic heterocycles. The number of carbonyl (C=O) groups excluding carboxylic acids is 1. The van der Waals surface area contributed by atoms with Crippen molar-refractivity contribution in [2.75, 3.05) is 40.8 Å². The molecule has 1 heterocycles. The first-order valence-electron chi connectivity index (χ1n) is 9.38. The number of carbonyl (C=O) groups is 1. The van der Waals surface area contributed by atoms with Gasteiger partial charge in [0.1, 0.15) is 12.3 Å². The van der Waals surface area contributed by atoms with Gasteiger partial charge < -0.3 is 20.3 Å². The summed E-state index contributed by atoms with van der Waals surface area (Å²) in [5.74, 6) is 1.51. The van der Waals surface area contributed by atoms with Crippen molar-refractivity contribution in [2.24, 2.45) is 4.99 Å². The summed E-state index contributed by atoms with van der Waals surface area (Å²) >= 11 is 1.74. The molecule has 160 valence electrons. The molecule has 1 aromatic heterocycles. The summed E-state index contributed by atoms with van der Waals surface area (Å²) in [6.45, 7) is 3.65. The minimum atomic E-state index is -0.0280. The Morgan fingerprint density at radius 1 is 1.17 bits per heavy atom. The van der Waals surface area contributed by atoms with E-state index in [9.17, 15) is 4.79 Å². The molecule has 2 rings (SSSR count). The van der Waals surface area contributed by atoms with Crippen LogP contribution in [0, 0.1) is 6.92 Å². The van der Waals surface area contributed by atoms with Crippen LogP contribution < -0.4 is 15.4 Å². The van der Waals surface area contributed by atoms with E-state index in [2.05, 4.69) is 46.1 Å². The predicted molar refractivity (Wildman–Crippen MR) is 132 cm³/mol. The first-order valence-corrected chi connectivity index (χ1v) is 10.3. The maximum absolute atomic E-state index is 11.9. The molecule has 2 aromatic rings. The molecule has 1 amide bonds. The van der Waals surface area contributed by atoms with Crippen molar-refractivity contribution in [3.8, 4) is 5.75 Å². The number of nitrogens with one attached hydrogen (secondary N) is 2. The summed E-state index contributed by atoms with van der Waals surface area (Å²) in [7, 11) is 5.16. The number of likely N-dealkylation sites (N-methyl/N-ethyl adjacent to an activating group) is 1. The Kier molecular flexibility index (Phi) is 11.7. The fourth-order valence-electron chi connectivity index (χ4n) is 2.64. The Balaban J connectivity index is 0.00000420. The molecular formula is C21H31IN4O2S. The zero-order valence-corrected chi connectivity index (χ0v) is 20.7. The minimum Gasteiger partial charge on any atom is -0.496 e. The molecule has 0 atom stereocenters. The summed E-state index contributed by atoms with van der Waals surface area (Å²) < 4.78 is 5.45. The number of aliphatic imine (C=N–C) groups is 1. The van der Waals surface area contributed by atoms with E-state index >= 15 is 0 Å². The van der Waals surface area contributed by atoms with E-state index in [-0.39, 0.29) is 36.4 Å². The van der Waals surface area contributed by atoms with Gasteiger partial charge in [0.05, 0.1) is 7.11 Å². The van der Waals surface area contributed by atoms with Crippen LogP contribution in [-0.2, 0) is 17.6 Å². The highest BCUT2D eigenvalue weighted by Gasteiger charge is 2.07. The van der Waals surface area contributed by atoms with Gasteiger partial charge in [-0.05, 0) is 42.8 Å². The van der Waals surface area contributed by atoms with Crippen LogP contribution in [0.3, 0.4) is 0 Å². The van der Waals surface area contributed by atoms with Gasteiger partial charge in [0.25, 0.3) is 0 Å². The monoisotopic (exact) mass is 530 g/mol. The Bertz CT molecular complexity index is 779. The van der Waals surface area contributed by atoms with E-state index in [0.29, 0.717) is 12.5 Å². The number of hydrogen-bond acceptors (Lipinski definition) is 4. The van der Waals surface area contributed by atoms with E-state index in [1.54, 1.807) is 37.4 Å². The highest BCUT2D eigenvalue weighted by atomic mass is 127. The van der Waals surface area contributed by atoms with Crippen LogP contribution in [0.1, 0.15) is 16.0 Å². The summed E-state index contributed by atoms with van der Waals surface area (Å²) in [5, 5.41) is 8.73. The number of benzene rings is 1. The van der Waals surface area contributed by atoms with Gasteiger partial charge >= 0.3 is 0 Å². The van der Waals surface area contributed by atoms with Crippen LogP contribution in [0.25, 0.3) is 0 Å². The number of methoxy groups -OCH3 is 1. The number of nitrogens with zero attached hydrogens (tertiary/aromatic N) is 2. The minimum absolute atomic E-state index is 0. The topological polar surface area (TPSA) is 66.0 Å². The quantitative estimate of drug-likeness (QED) is 0.297. The van der Waals surface area contributed by atoms with Gasteiger partial charge in [-0.1, -0.05) is 23.8 Å². The molecule has 0 aliphatic rings. The molecule has 0 radical (unpaired) electrons. The van der Waals surface area contributed by atoms with Crippen LogP contribution in [-0.4, -0.2) is 57.6 Å². The third-order valence-corrected chi connectivity index (χ3v) is 5.17. The normalized spacial score (nSPS) is 10.8. The predicted octanol–water partition coefficient (Wildman–Crippen LogP) is 3.09. The highest BCUT2D eigenvalue weighted by Crippen LogP contribution is 2.19. The second-order valence-electron chi connectivity index (χ2n) is 6.70. The smallest absolute Gasteiger partial charge is 0.243 e. The number of halogens is 1. The van der Waals surface area contributed by atoms with E-state index < -0.39 is 0 Å². The lowest BCUT2D eigenvalue weighted by Crippen LogP contribution is -2.40. The van der Waals surface area contributed by atoms with Gasteiger partial charge in [-0.15, -0.1) is 35.3 Å². The fraction of sp³-hybridized carbons (Fsp3) is 0.429. The zero-order valence-electron chi connectivity index (χ0n) is 17.5. The van der Waals surface area contributed by atoms with Gasteiger partial charge in [-0.3, -0.25) is 4.79 Å². The molecule has 0 fully saturated rings. The Morgan fingerprint density at radius 3 is 2.52 bits per heavy atom. The van der Waals surface area contributed by atoms with Crippen molar-refractivity contribution in [3.05, 3.63) is 51.7 Å². The van der Waals surface area contributed by atoms with Crippen LogP contribution in [0.5, 0.6) is 5.75 Å². The van der Waals surface area contributed by atoms with E-state index in [4.69, 9.17) is 4.74 Å². The van der Waals surface area contributed by atoms with Crippen molar-refractivity contribution in [1.29, 1.82) is 0 Å². The average molecular weight is 530 g/mol. The number of hydrogen-bond donors (Lipinski definition) is 2. The van der Waals surface area contributed by atoms with Crippen molar-refractivity contribution >= 4 is 47.2 Å². The second-order valence-corrected chi connectivity index (χ2v) is 7.73. The molecule has 0 aliphatic carbocycles. The van der Waals surface area contributed by atoms with Crippen LogP contribution in [0.4, 0.5) is 0 Å². The fourth-order valence-corrected chi connectivity index (χ4v) is 3.35. The summed E-state index contributed by atoms with van der Waals surface area (Å²) in [4.78, 5) is 19.2. The molecular weight excluding hydrogens is 499 g/mol. The molecule has 0 spiro atoms. The number of guanidine groups is 1. The Hall–Kier alpha value is -1.81. The third kappa shape index (κ3) is 9.03. The first-order chi connectivity index (χ1) is 13.5. The summed E-state index contributed by atoms with van der Waals surface area (Å²) in [6.07, 6.45) is 1.73. The van der Waals surface area contributed by atoms with Crippen LogP contribution in [0.2, 0.25) is 0 Å². The zero-order chi connectivity index (χ0) is 20.4. The van der Waals surface area contributed by atoms with E-state index in [1.165, 1.54) is 10.4 Å². The van der Waals surface area contributed by atoms with Gasteiger partial charge in [0.15, 0.2) is 5.96 Å². The largest absolute Gasteiger partial charge is 0.496 e. The molecule has 0 unspecified atom stereocenters.